The Bertz CT molecular complexity index is 362. The fourth-order valence-corrected chi connectivity index (χ4v) is 2.41. The number of benzene rings is 1. The lowest BCUT2D eigenvalue weighted by atomic mass is 10.0. The molecule has 94 valence electrons. The fourth-order valence-electron chi connectivity index (χ4n) is 1.91. The molecule has 0 unspecified atom stereocenters. The van der Waals surface area contributed by atoms with E-state index in [1.807, 2.05) is 18.2 Å². The van der Waals surface area contributed by atoms with Crippen molar-refractivity contribution in [3.05, 3.63) is 28.2 Å². The van der Waals surface area contributed by atoms with Crippen LogP contribution in [-0.2, 0) is 11.3 Å². The topological polar surface area (TPSA) is 38.7 Å². The van der Waals surface area contributed by atoms with Crippen LogP contribution in [0.15, 0.2) is 22.7 Å². The van der Waals surface area contributed by atoms with Crippen molar-refractivity contribution in [1.82, 2.24) is 0 Å². The number of aliphatic hydroxyl groups excluding tert-OH is 1. The number of aliphatic hydroxyl groups is 1. The third-order valence-corrected chi connectivity index (χ3v) is 3.93. The SMILES string of the molecule is OCc1cccc(OCC2CCOCC2)c1Br. The minimum atomic E-state index is 0.0229. The molecule has 1 heterocycles. The van der Waals surface area contributed by atoms with Gasteiger partial charge in [-0.2, -0.15) is 0 Å². The predicted octanol–water partition coefficient (Wildman–Crippen LogP) is 2.75. The highest BCUT2D eigenvalue weighted by Crippen LogP contribution is 2.29. The summed E-state index contributed by atoms with van der Waals surface area (Å²) in [5, 5.41) is 9.16. The van der Waals surface area contributed by atoms with E-state index in [-0.39, 0.29) is 6.61 Å². The molecule has 0 radical (unpaired) electrons. The van der Waals surface area contributed by atoms with Crippen molar-refractivity contribution in [3.8, 4) is 5.75 Å². The molecule has 3 nitrogen and oxygen atoms in total. The first-order chi connectivity index (χ1) is 8.31. The molecule has 1 aromatic carbocycles. The third-order valence-electron chi connectivity index (χ3n) is 3.03. The Morgan fingerprint density at radius 3 is 2.82 bits per heavy atom. The van der Waals surface area contributed by atoms with E-state index in [4.69, 9.17) is 14.6 Å². The fraction of sp³-hybridized carbons (Fsp3) is 0.538. The molecule has 0 bridgehead atoms. The van der Waals surface area contributed by atoms with Crippen molar-refractivity contribution in [2.75, 3.05) is 19.8 Å². The summed E-state index contributed by atoms with van der Waals surface area (Å²) >= 11 is 3.46. The summed E-state index contributed by atoms with van der Waals surface area (Å²) in [6.07, 6.45) is 2.13. The lowest BCUT2D eigenvalue weighted by Gasteiger charge is -2.22. The van der Waals surface area contributed by atoms with Gasteiger partial charge in [-0.15, -0.1) is 0 Å². The number of hydrogen-bond donors (Lipinski definition) is 1. The molecular formula is C13H17BrO3. The lowest BCUT2D eigenvalue weighted by Crippen LogP contribution is -2.21. The zero-order valence-corrected chi connectivity index (χ0v) is 11.3. The van der Waals surface area contributed by atoms with Crippen LogP contribution in [0.1, 0.15) is 18.4 Å². The minimum absolute atomic E-state index is 0.0229. The van der Waals surface area contributed by atoms with Crippen molar-refractivity contribution in [1.29, 1.82) is 0 Å². The van der Waals surface area contributed by atoms with Gasteiger partial charge in [0.25, 0.3) is 0 Å². The Kier molecular flexibility index (Phi) is 4.83. The van der Waals surface area contributed by atoms with Crippen molar-refractivity contribution < 1.29 is 14.6 Å². The molecule has 0 atom stereocenters. The maximum Gasteiger partial charge on any atom is 0.133 e. The summed E-state index contributed by atoms with van der Waals surface area (Å²) in [6.45, 7) is 2.42. The second-order valence-electron chi connectivity index (χ2n) is 4.25. The smallest absolute Gasteiger partial charge is 0.133 e. The second-order valence-corrected chi connectivity index (χ2v) is 5.05. The van der Waals surface area contributed by atoms with Gasteiger partial charge in [-0.05, 0) is 46.3 Å². The van der Waals surface area contributed by atoms with Crippen LogP contribution in [0.3, 0.4) is 0 Å². The van der Waals surface area contributed by atoms with E-state index >= 15 is 0 Å². The van der Waals surface area contributed by atoms with Crippen molar-refractivity contribution >= 4 is 15.9 Å². The van der Waals surface area contributed by atoms with Crippen molar-refractivity contribution in [2.45, 2.75) is 19.4 Å². The van der Waals surface area contributed by atoms with Crippen LogP contribution in [0.25, 0.3) is 0 Å². The van der Waals surface area contributed by atoms with Crippen LogP contribution < -0.4 is 4.74 Å². The van der Waals surface area contributed by atoms with Gasteiger partial charge < -0.3 is 14.6 Å². The second kappa shape index (κ2) is 6.38. The Morgan fingerprint density at radius 1 is 1.35 bits per heavy atom. The molecule has 1 aliphatic heterocycles. The molecule has 0 aromatic heterocycles. The first-order valence-corrected chi connectivity index (χ1v) is 6.69. The lowest BCUT2D eigenvalue weighted by molar-refractivity contribution is 0.0496. The average Bonchev–Trinajstić information content (AvgIpc) is 2.39. The maximum absolute atomic E-state index is 9.16. The zero-order valence-electron chi connectivity index (χ0n) is 9.69. The molecule has 1 N–H and O–H groups in total. The van der Waals surface area contributed by atoms with Crippen LogP contribution in [-0.4, -0.2) is 24.9 Å². The van der Waals surface area contributed by atoms with Gasteiger partial charge in [0.2, 0.25) is 0 Å². The van der Waals surface area contributed by atoms with Crippen LogP contribution in [0.2, 0.25) is 0 Å². The van der Waals surface area contributed by atoms with E-state index in [1.165, 1.54) is 0 Å². The normalized spacial score (nSPS) is 17.1. The minimum Gasteiger partial charge on any atom is -0.492 e. The summed E-state index contributed by atoms with van der Waals surface area (Å²) in [5.74, 6) is 1.39. The van der Waals surface area contributed by atoms with Gasteiger partial charge in [0.15, 0.2) is 0 Å². The first-order valence-electron chi connectivity index (χ1n) is 5.90. The van der Waals surface area contributed by atoms with Crippen molar-refractivity contribution in [2.24, 2.45) is 5.92 Å². The monoisotopic (exact) mass is 300 g/mol. The molecule has 0 spiro atoms. The number of ether oxygens (including phenoxy) is 2. The zero-order chi connectivity index (χ0) is 12.1. The van der Waals surface area contributed by atoms with E-state index in [1.54, 1.807) is 0 Å². The van der Waals surface area contributed by atoms with Gasteiger partial charge in [0, 0.05) is 13.2 Å². The van der Waals surface area contributed by atoms with E-state index < -0.39 is 0 Å². The quantitative estimate of drug-likeness (QED) is 0.929. The summed E-state index contributed by atoms with van der Waals surface area (Å²) in [7, 11) is 0. The van der Waals surface area contributed by atoms with Crippen molar-refractivity contribution in [3.63, 3.8) is 0 Å². The van der Waals surface area contributed by atoms with Crippen LogP contribution in [0, 0.1) is 5.92 Å². The molecule has 1 fully saturated rings. The largest absolute Gasteiger partial charge is 0.492 e. The highest BCUT2D eigenvalue weighted by atomic mass is 79.9. The highest BCUT2D eigenvalue weighted by molar-refractivity contribution is 9.10. The number of rotatable bonds is 4. The summed E-state index contributed by atoms with van der Waals surface area (Å²) in [6, 6.07) is 5.70. The van der Waals surface area contributed by atoms with Gasteiger partial charge in [-0.25, -0.2) is 0 Å². The molecule has 0 amide bonds. The standard InChI is InChI=1S/C13H17BrO3/c14-13-11(8-15)2-1-3-12(13)17-9-10-4-6-16-7-5-10/h1-3,10,15H,4-9H2. The van der Waals surface area contributed by atoms with E-state index in [0.29, 0.717) is 5.92 Å². The number of halogens is 1. The molecular weight excluding hydrogens is 284 g/mol. The summed E-state index contributed by atoms with van der Waals surface area (Å²) in [4.78, 5) is 0. The molecule has 17 heavy (non-hydrogen) atoms. The third kappa shape index (κ3) is 3.44. The van der Waals surface area contributed by atoms with Gasteiger partial charge in [-0.1, -0.05) is 12.1 Å². The Balaban J connectivity index is 1.93. The van der Waals surface area contributed by atoms with Crippen LogP contribution >= 0.6 is 15.9 Å². The first kappa shape index (κ1) is 12.9. The Hall–Kier alpha value is -0.580. The molecule has 1 aromatic rings. The molecule has 1 saturated heterocycles. The van der Waals surface area contributed by atoms with E-state index in [2.05, 4.69) is 15.9 Å². The summed E-state index contributed by atoms with van der Waals surface area (Å²) < 4.78 is 12.0. The molecule has 0 aliphatic carbocycles. The molecule has 1 aliphatic rings. The molecule has 0 saturated carbocycles. The van der Waals surface area contributed by atoms with Gasteiger partial charge in [0.05, 0.1) is 17.7 Å². The molecule has 2 rings (SSSR count). The van der Waals surface area contributed by atoms with E-state index in [9.17, 15) is 0 Å². The summed E-state index contributed by atoms with van der Waals surface area (Å²) in [5.41, 5.74) is 0.856. The van der Waals surface area contributed by atoms with E-state index in [0.717, 1.165) is 48.4 Å². The van der Waals surface area contributed by atoms with Crippen LogP contribution in [0.4, 0.5) is 0 Å². The van der Waals surface area contributed by atoms with Gasteiger partial charge in [-0.3, -0.25) is 0 Å². The van der Waals surface area contributed by atoms with Gasteiger partial charge in [0.1, 0.15) is 5.75 Å². The van der Waals surface area contributed by atoms with Gasteiger partial charge >= 0.3 is 0 Å². The predicted molar refractivity (Wildman–Crippen MR) is 69.1 cm³/mol. The highest BCUT2D eigenvalue weighted by Gasteiger charge is 2.15. The average molecular weight is 301 g/mol. The maximum atomic E-state index is 9.16. The van der Waals surface area contributed by atoms with Crippen LogP contribution in [0.5, 0.6) is 5.75 Å². The number of hydrogen-bond acceptors (Lipinski definition) is 3. The Labute approximate surface area is 110 Å². The molecule has 4 heteroatoms. The Morgan fingerprint density at radius 2 is 2.12 bits per heavy atom.